The summed E-state index contributed by atoms with van der Waals surface area (Å²) in [6.07, 6.45) is 16.9. The van der Waals surface area contributed by atoms with Gasteiger partial charge in [-0.05, 0) is 43.9 Å². The van der Waals surface area contributed by atoms with Crippen LogP contribution >= 0.6 is 0 Å². The Balaban J connectivity index is 1.80. The van der Waals surface area contributed by atoms with E-state index in [-0.39, 0.29) is 0 Å². The Morgan fingerprint density at radius 3 is 2.57 bits per heavy atom. The van der Waals surface area contributed by atoms with Crippen molar-refractivity contribution in [2.75, 3.05) is 0 Å². The van der Waals surface area contributed by atoms with E-state index < -0.39 is 0 Å². The maximum atomic E-state index is 2.44. The van der Waals surface area contributed by atoms with Gasteiger partial charge in [-0.25, -0.2) is 0 Å². The molecule has 0 heterocycles. The highest BCUT2D eigenvalue weighted by atomic mass is 14.2. The Kier molecular flexibility index (Phi) is 3.44. The van der Waals surface area contributed by atoms with Gasteiger partial charge in [0.05, 0.1) is 0 Å². The highest BCUT2D eigenvalue weighted by molar-refractivity contribution is 5.22. The van der Waals surface area contributed by atoms with Crippen molar-refractivity contribution in [3.8, 4) is 0 Å². The number of hydrogen-bond acceptors (Lipinski definition) is 0. The minimum atomic E-state index is 0.986. The smallest absolute Gasteiger partial charge is 0.0254 e. The fraction of sp³-hybridized carbons (Fsp3) is 0.714. The van der Waals surface area contributed by atoms with Gasteiger partial charge in [0.2, 0.25) is 0 Å². The van der Waals surface area contributed by atoms with E-state index in [0.29, 0.717) is 0 Å². The van der Waals surface area contributed by atoms with Crippen molar-refractivity contribution in [3.05, 3.63) is 23.8 Å². The van der Waals surface area contributed by atoms with Crippen molar-refractivity contribution >= 4 is 0 Å². The van der Waals surface area contributed by atoms with Gasteiger partial charge in [-0.3, -0.25) is 0 Å². The van der Waals surface area contributed by atoms with Gasteiger partial charge in [0.1, 0.15) is 0 Å². The first kappa shape index (κ1) is 10.0. The highest BCUT2D eigenvalue weighted by Crippen LogP contribution is 2.33. The maximum absolute atomic E-state index is 2.44. The van der Waals surface area contributed by atoms with Crippen LogP contribution in [0.3, 0.4) is 0 Å². The predicted molar refractivity (Wildman–Crippen MR) is 62.2 cm³/mol. The van der Waals surface area contributed by atoms with Gasteiger partial charge in [-0.2, -0.15) is 0 Å². The molecule has 0 amide bonds. The van der Waals surface area contributed by atoms with E-state index in [1.165, 1.54) is 44.9 Å². The number of allylic oxidation sites excluding steroid dienone is 4. The topological polar surface area (TPSA) is 0 Å². The Morgan fingerprint density at radius 2 is 1.93 bits per heavy atom. The van der Waals surface area contributed by atoms with Crippen LogP contribution in [0.2, 0.25) is 0 Å². The maximum Gasteiger partial charge on any atom is -0.0254 e. The zero-order chi connectivity index (χ0) is 9.80. The van der Waals surface area contributed by atoms with Crippen LogP contribution < -0.4 is 0 Å². The van der Waals surface area contributed by atoms with Gasteiger partial charge in [0, 0.05) is 0 Å². The van der Waals surface area contributed by atoms with Gasteiger partial charge >= 0.3 is 0 Å². The Hall–Kier alpha value is -0.520. The largest absolute Gasteiger partial charge is 0.0840 e. The summed E-state index contributed by atoms with van der Waals surface area (Å²) in [4.78, 5) is 0. The second-order valence-corrected chi connectivity index (χ2v) is 5.09. The second kappa shape index (κ2) is 4.82. The normalized spacial score (nSPS) is 32.8. The summed E-state index contributed by atoms with van der Waals surface area (Å²) >= 11 is 0. The molecule has 0 saturated heterocycles. The zero-order valence-corrected chi connectivity index (χ0v) is 9.34. The zero-order valence-electron chi connectivity index (χ0n) is 9.34. The van der Waals surface area contributed by atoms with Crippen molar-refractivity contribution in [2.45, 2.75) is 51.9 Å². The SMILES string of the molecule is CC1CCC(CC2=CCCC=C2)CC1. The molecule has 0 bridgehead atoms. The van der Waals surface area contributed by atoms with Gasteiger partial charge in [0.15, 0.2) is 0 Å². The van der Waals surface area contributed by atoms with Crippen LogP contribution in [0.15, 0.2) is 23.8 Å². The molecule has 0 aromatic carbocycles. The van der Waals surface area contributed by atoms with E-state index in [1.807, 2.05) is 0 Å². The average molecular weight is 190 g/mol. The van der Waals surface area contributed by atoms with Crippen molar-refractivity contribution < 1.29 is 0 Å². The molecule has 0 heteroatoms. The third kappa shape index (κ3) is 2.73. The fourth-order valence-electron chi connectivity index (χ4n) is 2.69. The Bertz CT molecular complexity index is 226. The fourth-order valence-corrected chi connectivity index (χ4v) is 2.69. The lowest BCUT2D eigenvalue weighted by atomic mass is 9.79. The van der Waals surface area contributed by atoms with Gasteiger partial charge in [0.25, 0.3) is 0 Å². The van der Waals surface area contributed by atoms with Gasteiger partial charge < -0.3 is 0 Å². The van der Waals surface area contributed by atoms with Crippen LogP contribution in [-0.2, 0) is 0 Å². The standard InChI is InChI=1S/C14H22/c1-12-7-9-14(10-8-12)11-13-5-3-2-4-6-13/h3,5-6,12,14H,2,4,7-11H2,1H3. The lowest BCUT2D eigenvalue weighted by Gasteiger charge is -2.26. The molecule has 2 aliphatic carbocycles. The molecule has 0 aromatic rings. The molecule has 14 heavy (non-hydrogen) atoms. The van der Waals surface area contributed by atoms with Crippen LogP contribution in [0.4, 0.5) is 0 Å². The van der Waals surface area contributed by atoms with Crippen molar-refractivity contribution in [1.29, 1.82) is 0 Å². The quantitative estimate of drug-likeness (QED) is 0.602. The molecule has 0 aromatic heterocycles. The molecule has 0 unspecified atom stereocenters. The summed E-state index contributed by atoms with van der Waals surface area (Å²) in [6, 6.07) is 0. The Morgan fingerprint density at radius 1 is 1.14 bits per heavy atom. The first-order chi connectivity index (χ1) is 6.84. The minimum absolute atomic E-state index is 0.986. The molecular weight excluding hydrogens is 168 g/mol. The van der Waals surface area contributed by atoms with Crippen molar-refractivity contribution in [2.24, 2.45) is 11.8 Å². The molecule has 1 fully saturated rings. The summed E-state index contributed by atoms with van der Waals surface area (Å²) in [7, 11) is 0. The molecule has 1 saturated carbocycles. The molecule has 0 aliphatic heterocycles. The third-order valence-electron chi connectivity index (χ3n) is 3.73. The van der Waals surface area contributed by atoms with Crippen LogP contribution in [-0.4, -0.2) is 0 Å². The average Bonchev–Trinajstić information content (AvgIpc) is 2.23. The summed E-state index contributed by atoms with van der Waals surface area (Å²) in [5.74, 6) is 1.97. The molecule has 0 radical (unpaired) electrons. The summed E-state index contributed by atoms with van der Waals surface area (Å²) in [5.41, 5.74) is 1.61. The molecule has 78 valence electrons. The minimum Gasteiger partial charge on any atom is -0.0840 e. The predicted octanol–water partition coefficient (Wildman–Crippen LogP) is 4.48. The van der Waals surface area contributed by atoms with Crippen molar-refractivity contribution in [3.63, 3.8) is 0 Å². The van der Waals surface area contributed by atoms with Crippen LogP contribution in [0.25, 0.3) is 0 Å². The van der Waals surface area contributed by atoms with E-state index in [0.717, 1.165) is 11.8 Å². The molecule has 0 atom stereocenters. The first-order valence-corrected chi connectivity index (χ1v) is 6.20. The third-order valence-corrected chi connectivity index (χ3v) is 3.73. The van der Waals surface area contributed by atoms with Crippen LogP contribution in [0, 0.1) is 11.8 Å². The van der Waals surface area contributed by atoms with E-state index in [4.69, 9.17) is 0 Å². The van der Waals surface area contributed by atoms with Crippen molar-refractivity contribution in [1.82, 2.24) is 0 Å². The molecular formula is C14H22. The number of rotatable bonds is 2. The molecule has 0 spiro atoms. The lowest BCUT2D eigenvalue weighted by Crippen LogP contribution is -2.12. The molecule has 0 nitrogen and oxygen atoms in total. The molecule has 2 aliphatic rings. The van der Waals surface area contributed by atoms with Gasteiger partial charge in [-0.1, -0.05) is 43.6 Å². The second-order valence-electron chi connectivity index (χ2n) is 5.09. The summed E-state index contributed by atoms with van der Waals surface area (Å²) in [5, 5.41) is 0. The molecule has 2 rings (SSSR count). The van der Waals surface area contributed by atoms with Crippen LogP contribution in [0.1, 0.15) is 51.9 Å². The van der Waals surface area contributed by atoms with E-state index in [2.05, 4.69) is 25.2 Å². The first-order valence-electron chi connectivity index (χ1n) is 6.20. The van der Waals surface area contributed by atoms with E-state index in [9.17, 15) is 0 Å². The molecule has 0 N–H and O–H groups in total. The summed E-state index contributed by atoms with van der Waals surface area (Å²) in [6.45, 7) is 2.40. The monoisotopic (exact) mass is 190 g/mol. The Labute approximate surface area is 88.1 Å². The highest BCUT2D eigenvalue weighted by Gasteiger charge is 2.18. The summed E-state index contributed by atoms with van der Waals surface area (Å²) < 4.78 is 0. The lowest BCUT2D eigenvalue weighted by molar-refractivity contribution is 0.289. The van der Waals surface area contributed by atoms with Crippen LogP contribution in [0.5, 0.6) is 0 Å². The van der Waals surface area contributed by atoms with Gasteiger partial charge in [-0.15, -0.1) is 0 Å². The number of hydrogen-bond donors (Lipinski definition) is 0. The van der Waals surface area contributed by atoms with E-state index >= 15 is 0 Å². The van der Waals surface area contributed by atoms with E-state index in [1.54, 1.807) is 5.57 Å².